The van der Waals surface area contributed by atoms with Crippen molar-refractivity contribution < 1.29 is 19.1 Å². The van der Waals surface area contributed by atoms with E-state index >= 15 is 0 Å². The van der Waals surface area contributed by atoms with Gasteiger partial charge in [0.2, 0.25) is 5.88 Å². The Labute approximate surface area is 144 Å². The van der Waals surface area contributed by atoms with Gasteiger partial charge in [0.1, 0.15) is 5.76 Å². The van der Waals surface area contributed by atoms with Gasteiger partial charge in [-0.3, -0.25) is 9.59 Å². The van der Waals surface area contributed by atoms with Crippen molar-refractivity contribution in [3.8, 4) is 5.88 Å². The molecule has 2 aromatic rings. The fraction of sp³-hybridized carbons (Fsp3) is 0.389. The number of carbonyl (C=O) groups is 1. The number of methoxy groups -OCH3 is 1. The molecule has 1 saturated carbocycles. The van der Waals surface area contributed by atoms with E-state index < -0.39 is 5.91 Å². The molecule has 1 atom stereocenters. The van der Waals surface area contributed by atoms with Gasteiger partial charge in [0, 0.05) is 24.4 Å². The van der Waals surface area contributed by atoms with Gasteiger partial charge in [-0.2, -0.15) is 0 Å². The van der Waals surface area contributed by atoms with Gasteiger partial charge in [0.25, 0.3) is 5.91 Å². The fourth-order valence-corrected chi connectivity index (χ4v) is 3.00. The highest BCUT2D eigenvalue weighted by Gasteiger charge is 2.36. The predicted molar refractivity (Wildman–Crippen MR) is 89.4 cm³/mol. The molecule has 25 heavy (non-hydrogen) atoms. The van der Waals surface area contributed by atoms with Gasteiger partial charge in [-0.15, -0.1) is 0 Å². The molecule has 1 aliphatic rings. The predicted octanol–water partition coefficient (Wildman–Crippen LogP) is 1.59. The Morgan fingerprint density at radius 1 is 1.40 bits per heavy atom. The summed E-state index contributed by atoms with van der Waals surface area (Å²) in [6, 6.07) is 5.70. The Morgan fingerprint density at radius 2 is 2.16 bits per heavy atom. The minimum Gasteiger partial charge on any atom is -0.481 e. The number of aliphatic hydroxyl groups is 1. The molecule has 0 saturated heterocycles. The van der Waals surface area contributed by atoms with Crippen LogP contribution in [0.1, 0.15) is 40.8 Å². The largest absolute Gasteiger partial charge is 0.481 e. The minimum atomic E-state index is -0.469. The average Bonchev–Trinajstić information content (AvgIpc) is 2.56. The molecule has 3 rings (SSSR count). The second kappa shape index (κ2) is 7.06. The van der Waals surface area contributed by atoms with Crippen LogP contribution in [0.2, 0.25) is 0 Å². The summed E-state index contributed by atoms with van der Waals surface area (Å²) in [6.07, 6.45) is 2.47. The van der Waals surface area contributed by atoms with E-state index in [2.05, 4.69) is 10.3 Å². The normalized spacial score (nSPS) is 20.4. The molecule has 2 heterocycles. The van der Waals surface area contributed by atoms with Crippen molar-refractivity contribution in [3.05, 3.63) is 57.8 Å². The molecule has 2 N–H and O–H groups in total. The third kappa shape index (κ3) is 3.88. The van der Waals surface area contributed by atoms with Gasteiger partial charge in [0.05, 0.1) is 19.3 Å². The second-order valence-electron chi connectivity index (χ2n) is 6.24. The number of nitrogens with zero attached hydrogens (tertiary/aromatic N) is 1. The Balaban J connectivity index is 1.84. The lowest BCUT2D eigenvalue weighted by molar-refractivity contribution is 0.0231. The highest BCUT2D eigenvalue weighted by Crippen LogP contribution is 2.38. The van der Waals surface area contributed by atoms with Crippen molar-refractivity contribution >= 4 is 5.91 Å². The highest BCUT2D eigenvalue weighted by molar-refractivity contribution is 5.91. The number of hydrogen-bond donors (Lipinski definition) is 2. The van der Waals surface area contributed by atoms with Crippen LogP contribution >= 0.6 is 0 Å². The number of hydrogen-bond acceptors (Lipinski definition) is 6. The topological polar surface area (TPSA) is 102 Å². The van der Waals surface area contributed by atoms with Gasteiger partial charge in [-0.1, -0.05) is 6.07 Å². The van der Waals surface area contributed by atoms with E-state index in [0.717, 1.165) is 5.56 Å². The quantitative estimate of drug-likeness (QED) is 0.854. The molecule has 0 aliphatic heterocycles. The summed E-state index contributed by atoms with van der Waals surface area (Å²) in [5.74, 6) is 0.441. The van der Waals surface area contributed by atoms with Crippen molar-refractivity contribution in [1.82, 2.24) is 10.3 Å². The van der Waals surface area contributed by atoms with Gasteiger partial charge in [-0.25, -0.2) is 4.98 Å². The number of rotatable bonds is 5. The fourth-order valence-electron chi connectivity index (χ4n) is 3.00. The van der Waals surface area contributed by atoms with E-state index in [0.29, 0.717) is 24.5 Å². The van der Waals surface area contributed by atoms with Crippen molar-refractivity contribution in [3.63, 3.8) is 0 Å². The first-order valence-electron chi connectivity index (χ1n) is 8.07. The lowest BCUT2D eigenvalue weighted by atomic mass is 9.75. The van der Waals surface area contributed by atoms with Crippen molar-refractivity contribution in [2.24, 2.45) is 5.92 Å². The molecular weight excluding hydrogens is 324 g/mol. The summed E-state index contributed by atoms with van der Waals surface area (Å²) >= 11 is 0. The summed E-state index contributed by atoms with van der Waals surface area (Å²) in [6.45, 7) is 1.62. The summed E-state index contributed by atoms with van der Waals surface area (Å²) in [4.78, 5) is 28.3. The lowest BCUT2D eigenvalue weighted by Gasteiger charge is -2.38. The number of amides is 1. The number of ether oxygens (including phenoxy) is 1. The van der Waals surface area contributed by atoms with Crippen LogP contribution in [-0.4, -0.2) is 29.2 Å². The molecule has 7 nitrogen and oxygen atoms in total. The van der Waals surface area contributed by atoms with Crippen molar-refractivity contribution in [2.45, 2.75) is 31.9 Å². The Bertz CT molecular complexity index is 809. The number of carbonyl (C=O) groups excluding carboxylic acids is 1. The number of aliphatic hydroxyl groups excluding tert-OH is 1. The number of aryl methyl sites for hydroxylation is 1. The monoisotopic (exact) mass is 344 g/mol. The molecule has 1 amide bonds. The van der Waals surface area contributed by atoms with Crippen LogP contribution in [0.4, 0.5) is 0 Å². The average molecular weight is 344 g/mol. The molecule has 1 aliphatic carbocycles. The van der Waals surface area contributed by atoms with Crippen LogP contribution < -0.4 is 15.5 Å². The lowest BCUT2D eigenvalue weighted by Crippen LogP contribution is -2.41. The molecule has 0 aromatic carbocycles. The molecule has 0 radical (unpaired) electrons. The maximum atomic E-state index is 12.5. The zero-order valence-electron chi connectivity index (χ0n) is 14.1. The molecule has 2 aromatic heterocycles. The van der Waals surface area contributed by atoms with E-state index in [1.165, 1.54) is 19.2 Å². The van der Waals surface area contributed by atoms with Gasteiger partial charge < -0.3 is 19.6 Å². The number of nitrogens with one attached hydrogen (secondary N) is 1. The summed E-state index contributed by atoms with van der Waals surface area (Å²) in [5.41, 5.74) is 0.525. The van der Waals surface area contributed by atoms with Crippen LogP contribution in [0.25, 0.3) is 0 Å². The van der Waals surface area contributed by atoms with Crippen LogP contribution in [0.5, 0.6) is 5.88 Å². The van der Waals surface area contributed by atoms with Crippen LogP contribution in [0.15, 0.2) is 39.7 Å². The van der Waals surface area contributed by atoms with Crippen LogP contribution in [0.3, 0.4) is 0 Å². The third-order valence-corrected chi connectivity index (χ3v) is 4.35. The maximum absolute atomic E-state index is 12.5. The first kappa shape index (κ1) is 17.2. The summed E-state index contributed by atoms with van der Waals surface area (Å²) < 4.78 is 10.4. The smallest absolute Gasteiger partial charge is 0.287 e. The van der Waals surface area contributed by atoms with E-state index in [9.17, 15) is 14.7 Å². The Hall–Kier alpha value is -2.67. The summed E-state index contributed by atoms with van der Waals surface area (Å²) in [7, 11) is 1.53. The zero-order chi connectivity index (χ0) is 18.0. The summed E-state index contributed by atoms with van der Waals surface area (Å²) in [5, 5.41) is 12.5. The van der Waals surface area contributed by atoms with Crippen LogP contribution in [-0.2, 0) is 0 Å². The van der Waals surface area contributed by atoms with Gasteiger partial charge >= 0.3 is 0 Å². The second-order valence-corrected chi connectivity index (χ2v) is 6.24. The maximum Gasteiger partial charge on any atom is 0.287 e. The first-order valence-corrected chi connectivity index (χ1v) is 8.07. The Morgan fingerprint density at radius 3 is 2.72 bits per heavy atom. The SMILES string of the molecule is COc1ccc(C(NC(=O)c2cc(=O)cc(C)o2)C2CC(O)C2)cn1. The number of aromatic nitrogens is 1. The third-order valence-electron chi connectivity index (χ3n) is 4.35. The molecule has 1 unspecified atom stereocenters. The van der Waals surface area contributed by atoms with E-state index in [1.54, 1.807) is 19.2 Å². The molecule has 1 fully saturated rings. The molecular formula is C18H20N2O5. The minimum absolute atomic E-state index is 0.0312. The van der Waals surface area contributed by atoms with Crippen molar-refractivity contribution in [2.75, 3.05) is 7.11 Å². The molecule has 132 valence electrons. The Kier molecular flexibility index (Phi) is 4.85. The standard InChI is InChI=1S/C18H20N2O5/c1-10-5-13(21)8-15(25-10)18(23)20-17(12-6-14(22)7-12)11-3-4-16(24-2)19-9-11/h3-5,8-9,12,14,17,22H,6-7H2,1-2H3,(H,20,23). The molecule has 7 heteroatoms. The zero-order valence-corrected chi connectivity index (χ0v) is 14.1. The van der Waals surface area contributed by atoms with Gasteiger partial charge in [0.15, 0.2) is 11.2 Å². The van der Waals surface area contributed by atoms with E-state index in [1.807, 2.05) is 6.07 Å². The van der Waals surface area contributed by atoms with Gasteiger partial charge in [-0.05, 0) is 31.2 Å². The van der Waals surface area contributed by atoms with E-state index in [4.69, 9.17) is 9.15 Å². The molecule has 0 spiro atoms. The van der Waals surface area contributed by atoms with Crippen LogP contribution in [0, 0.1) is 12.8 Å². The first-order chi connectivity index (χ1) is 12.0. The molecule has 0 bridgehead atoms. The van der Waals surface area contributed by atoms with E-state index in [-0.39, 0.29) is 29.3 Å². The highest BCUT2D eigenvalue weighted by atomic mass is 16.5. The number of pyridine rings is 1. The van der Waals surface area contributed by atoms with Crippen molar-refractivity contribution in [1.29, 1.82) is 0 Å².